The van der Waals surface area contributed by atoms with E-state index in [0.717, 1.165) is 64.1 Å². The van der Waals surface area contributed by atoms with E-state index in [9.17, 15) is 9.00 Å². The number of aromatic nitrogens is 2. The van der Waals surface area contributed by atoms with E-state index >= 15 is 0 Å². The van der Waals surface area contributed by atoms with Gasteiger partial charge in [-0.05, 0) is 31.5 Å². The van der Waals surface area contributed by atoms with Gasteiger partial charge in [-0.2, -0.15) is 0 Å². The molecule has 0 bridgehead atoms. The van der Waals surface area contributed by atoms with Gasteiger partial charge < -0.3 is 19.7 Å². The lowest BCUT2D eigenvalue weighted by Crippen LogP contribution is -2.37. The number of carbonyl (C=O) groups is 1. The molecule has 0 saturated carbocycles. The van der Waals surface area contributed by atoms with Gasteiger partial charge in [0.2, 0.25) is 5.95 Å². The summed E-state index contributed by atoms with van der Waals surface area (Å²) in [5, 5.41) is 3.54. The van der Waals surface area contributed by atoms with Gasteiger partial charge in [-0.1, -0.05) is 30.3 Å². The molecule has 37 heavy (non-hydrogen) atoms. The standard InChI is InChI=1S/C27H27N5O4S/c1-16-25(17(2)29-27(28-16)32-10-12-35-13-11-32)21-5-3-4-20-22(15-36-26(20)21)30-19-8-6-18(7-9-19)23-14-24(33)31-37(23)34/h3-9,14,22,30H,10-13,15H2,1-2H3,(H,31,33)/t22-,37?/m1/s1. The largest absolute Gasteiger partial charge is 0.490 e. The molecule has 6 rings (SSSR count). The third-order valence-corrected chi connectivity index (χ3v) is 7.94. The Labute approximate surface area is 217 Å². The monoisotopic (exact) mass is 517 g/mol. The van der Waals surface area contributed by atoms with E-state index in [-0.39, 0.29) is 11.9 Å². The summed E-state index contributed by atoms with van der Waals surface area (Å²) in [4.78, 5) is 23.8. The van der Waals surface area contributed by atoms with Crippen LogP contribution in [-0.4, -0.2) is 53.0 Å². The molecule has 1 fully saturated rings. The van der Waals surface area contributed by atoms with Crippen molar-refractivity contribution < 1.29 is 18.5 Å². The van der Waals surface area contributed by atoms with Crippen LogP contribution in [0.1, 0.15) is 28.6 Å². The normalized spacial score (nSPS) is 20.8. The maximum Gasteiger partial charge on any atom is 0.257 e. The van der Waals surface area contributed by atoms with E-state index in [0.29, 0.717) is 24.7 Å². The Morgan fingerprint density at radius 1 is 1.05 bits per heavy atom. The minimum absolute atomic E-state index is 0.0296. The lowest BCUT2D eigenvalue weighted by Gasteiger charge is -2.27. The van der Waals surface area contributed by atoms with Crippen LogP contribution in [0.5, 0.6) is 5.75 Å². The van der Waals surface area contributed by atoms with Crippen LogP contribution >= 0.6 is 0 Å². The van der Waals surface area contributed by atoms with E-state index in [1.54, 1.807) is 0 Å². The second-order valence-corrected chi connectivity index (χ2v) is 10.4. The highest BCUT2D eigenvalue weighted by atomic mass is 32.2. The first-order valence-electron chi connectivity index (χ1n) is 12.2. The van der Waals surface area contributed by atoms with Crippen molar-refractivity contribution in [3.63, 3.8) is 0 Å². The Kier molecular flexibility index (Phi) is 6.13. The van der Waals surface area contributed by atoms with E-state index in [2.05, 4.69) is 27.1 Å². The van der Waals surface area contributed by atoms with Crippen LogP contribution in [0.4, 0.5) is 11.6 Å². The van der Waals surface area contributed by atoms with E-state index in [1.807, 2.05) is 44.2 Å². The molecule has 3 aliphatic heterocycles. The third kappa shape index (κ3) is 4.47. The first-order valence-corrected chi connectivity index (χ1v) is 13.4. The molecule has 1 unspecified atom stereocenters. The number of fused-ring (bicyclic) bond motifs is 1. The number of hydrogen-bond donors (Lipinski definition) is 2. The fourth-order valence-electron chi connectivity index (χ4n) is 5.03. The van der Waals surface area contributed by atoms with Gasteiger partial charge >= 0.3 is 0 Å². The first-order chi connectivity index (χ1) is 18.0. The molecule has 10 heteroatoms. The molecule has 2 atom stereocenters. The molecule has 1 saturated heterocycles. The predicted molar refractivity (Wildman–Crippen MR) is 143 cm³/mol. The van der Waals surface area contributed by atoms with E-state index < -0.39 is 11.0 Å². The molecule has 1 amide bonds. The topological polar surface area (TPSA) is 106 Å². The van der Waals surface area contributed by atoms with Crippen LogP contribution in [0.15, 0.2) is 48.5 Å². The zero-order valence-electron chi connectivity index (χ0n) is 20.6. The van der Waals surface area contributed by atoms with Crippen molar-refractivity contribution in [3.05, 3.63) is 71.1 Å². The number of benzene rings is 2. The number of hydrogen-bond acceptors (Lipinski definition) is 8. The number of amides is 1. The molecule has 1 aromatic heterocycles. The molecular weight excluding hydrogens is 490 g/mol. The lowest BCUT2D eigenvalue weighted by molar-refractivity contribution is -0.114. The second kappa shape index (κ2) is 9.60. The number of anilines is 2. The smallest absolute Gasteiger partial charge is 0.257 e. The Morgan fingerprint density at radius 2 is 1.78 bits per heavy atom. The lowest BCUT2D eigenvalue weighted by atomic mass is 9.97. The van der Waals surface area contributed by atoms with Crippen LogP contribution in [0, 0.1) is 13.8 Å². The summed E-state index contributed by atoms with van der Waals surface area (Å²) in [6.07, 6.45) is 1.38. The fraction of sp³-hybridized carbons (Fsp3) is 0.296. The molecule has 4 heterocycles. The molecule has 3 aromatic rings. The van der Waals surface area contributed by atoms with Crippen molar-refractivity contribution in [1.82, 2.24) is 14.7 Å². The SMILES string of the molecule is Cc1nc(N2CCOCC2)nc(C)c1-c1cccc2c1OC[C@H]2Nc1ccc(C2=CC(=O)NS2=O)cc1. The minimum atomic E-state index is -1.51. The maximum absolute atomic E-state index is 12.0. The molecule has 2 aromatic carbocycles. The zero-order chi connectivity index (χ0) is 25.5. The summed E-state index contributed by atoms with van der Waals surface area (Å²) in [6, 6.07) is 13.7. The number of nitrogens with zero attached hydrogens (tertiary/aromatic N) is 3. The molecule has 0 aliphatic carbocycles. The molecular formula is C27H27N5O4S. The predicted octanol–water partition coefficient (Wildman–Crippen LogP) is 3.28. The van der Waals surface area contributed by atoms with Crippen molar-refractivity contribution in [2.75, 3.05) is 43.1 Å². The molecule has 3 aliphatic rings. The van der Waals surface area contributed by atoms with Crippen LogP contribution in [-0.2, 0) is 20.5 Å². The Bertz CT molecular complexity index is 1410. The number of carbonyl (C=O) groups excluding carboxylic acids is 1. The number of aryl methyl sites for hydroxylation is 2. The van der Waals surface area contributed by atoms with E-state index in [4.69, 9.17) is 19.4 Å². The molecule has 9 nitrogen and oxygen atoms in total. The van der Waals surface area contributed by atoms with Crippen LogP contribution < -0.4 is 19.7 Å². The third-order valence-electron chi connectivity index (χ3n) is 6.80. The van der Waals surface area contributed by atoms with Gasteiger partial charge in [0.05, 0.1) is 35.5 Å². The van der Waals surface area contributed by atoms with Crippen molar-refractivity contribution in [3.8, 4) is 16.9 Å². The zero-order valence-corrected chi connectivity index (χ0v) is 21.4. The molecule has 0 spiro atoms. The van der Waals surface area contributed by atoms with Crippen LogP contribution in [0.25, 0.3) is 16.0 Å². The summed E-state index contributed by atoms with van der Waals surface area (Å²) >= 11 is 0. The Hall–Kier alpha value is -3.76. The minimum Gasteiger partial charge on any atom is -0.490 e. The van der Waals surface area contributed by atoms with Gasteiger partial charge in [-0.25, -0.2) is 14.2 Å². The highest BCUT2D eigenvalue weighted by Crippen LogP contribution is 2.43. The summed E-state index contributed by atoms with van der Waals surface area (Å²) in [5.74, 6) is 1.26. The summed E-state index contributed by atoms with van der Waals surface area (Å²) < 4.78 is 26.1. The van der Waals surface area contributed by atoms with Crippen molar-refractivity contribution in [2.45, 2.75) is 19.9 Å². The van der Waals surface area contributed by atoms with Crippen molar-refractivity contribution in [2.24, 2.45) is 0 Å². The number of ether oxygens (including phenoxy) is 2. The Morgan fingerprint density at radius 3 is 2.46 bits per heavy atom. The van der Waals surface area contributed by atoms with Gasteiger partial charge in [0.1, 0.15) is 12.4 Å². The quantitative estimate of drug-likeness (QED) is 0.531. The van der Waals surface area contributed by atoms with E-state index in [1.165, 1.54) is 6.08 Å². The maximum atomic E-state index is 12.0. The van der Waals surface area contributed by atoms with Crippen LogP contribution in [0.2, 0.25) is 0 Å². The second-order valence-electron chi connectivity index (χ2n) is 9.22. The highest BCUT2D eigenvalue weighted by molar-refractivity contribution is 7.93. The van der Waals surface area contributed by atoms with Gasteiger partial charge in [-0.3, -0.25) is 9.52 Å². The van der Waals surface area contributed by atoms with Gasteiger partial charge in [-0.15, -0.1) is 0 Å². The molecule has 0 radical (unpaired) electrons. The Balaban J connectivity index is 1.25. The van der Waals surface area contributed by atoms with Crippen molar-refractivity contribution >= 4 is 33.4 Å². The molecule has 2 N–H and O–H groups in total. The average molecular weight is 518 g/mol. The van der Waals surface area contributed by atoms with Crippen molar-refractivity contribution in [1.29, 1.82) is 0 Å². The van der Waals surface area contributed by atoms with Crippen LogP contribution in [0.3, 0.4) is 0 Å². The highest BCUT2D eigenvalue weighted by Gasteiger charge is 2.29. The number of para-hydroxylation sites is 1. The van der Waals surface area contributed by atoms with Gasteiger partial charge in [0, 0.05) is 41.5 Å². The fourth-order valence-corrected chi connectivity index (χ4v) is 5.94. The number of rotatable bonds is 5. The number of nitrogens with one attached hydrogen (secondary N) is 2. The first kappa shape index (κ1) is 23.6. The summed E-state index contributed by atoms with van der Waals surface area (Å²) in [7, 11) is -1.51. The average Bonchev–Trinajstić information content (AvgIpc) is 3.47. The summed E-state index contributed by atoms with van der Waals surface area (Å²) in [5.41, 5.74) is 6.57. The summed E-state index contributed by atoms with van der Waals surface area (Å²) in [6.45, 7) is 7.50. The molecule has 190 valence electrons. The van der Waals surface area contributed by atoms with Gasteiger partial charge in [0.25, 0.3) is 5.91 Å². The number of morpholine rings is 1. The van der Waals surface area contributed by atoms with Gasteiger partial charge in [0.15, 0.2) is 11.0 Å².